The molecular formula is C27H25N9O2. The summed E-state index contributed by atoms with van der Waals surface area (Å²) < 4.78 is 7.95. The van der Waals surface area contributed by atoms with Gasteiger partial charge in [0.2, 0.25) is 5.95 Å². The summed E-state index contributed by atoms with van der Waals surface area (Å²) in [5.74, 6) is 2.85. The van der Waals surface area contributed by atoms with Crippen molar-refractivity contribution >= 4 is 45.4 Å². The molecule has 190 valence electrons. The largest absolute Gasteiger partial charge is 0.455 e. The molecule has 0 unspecified atom stereocenters. The first kappa shape index (κ1) is 23.5. The van der Waals surface area contributed by atoms with Gasteiger partial charge in [0.05, 0.1) is 18.7 Å². The highest BCUT2D eigenvalue weighted by atomic mass is 16.5. The molecule has 1 N–H and O–H groups in total. The molecular weight excluding hydrogens is 482 g/mol. The Bertz CT molecular complexity index is 1690. The lowest BCUT2D eigenvalue weighted by Gasteiger charge is -2.38. The van der Waals surface area contributed by atoms with Crippen molar-refractivity contribution in [1.29, 1.82) is 0 Å². The summed E-state index contributed by atoms with van der Waals surface area (Å²) in [6.45, 7) is 6.98. The second-order valence-corrected chi connectivity index (χ2v) is 9.35. The number of benzene rings is 1. The van der Waals surface area contributed by atoms with Gasteiger partial charge in [0, 0.05) is 44.2 Å². The number of rotatable bonds is 8. The molecule has 4 aromatic heterocycles. The Morgan fingerprint density at radius 2 is 2.00 bits per heavy atom. The predicted octanol–water partition coefficient (Wildman–Crippen LogP) is 4.13. The predicted molar refractivity (Wildman–Crippen MR) is 144 cm³/mol. The Kier molecular flexibility index (Phi) is 5.87. The van der Waals surface area contributed by atoms with Crippen LogP contribution in [0.4, 0.5) is 17.5 Å². The molecule has 0 spiro atoms. The molecule has 1 aliphatic rings. The molecule has 38 heavy (non-hydrogen) atoms. The van der Waals surface area contributed by atoms with Crippen molar-refractivity contribution in [2.24, 2.45) is 13.0 Å². The van der Waals surface area contributed by atoms with Crippen molar-refractivity contribution in [3.8, 4) is 11.5 Å². The molecule has 0 amide bonds. The lowest BCUT2D eigenvalue weighted by molar-refractivity contribution is -0.115. The van der Waals surface area contributed by atoms with Crippen LogP contribution in [-0.2, 0) is 11.8 Å². The average Bonchev–Trinajstić information content (AvgIpc) is 3.27. The van der Waals surface area contributed by atoms with Gasteiger partial charge in [-0.15, -0.1) is 0 Å². The second kappa shape index (κ2) is 9.51. The number of ketones is 1. The first-order chi connectivity index (χ1) is 18.5. The number of aryl methyl sites for hydroxylation is 2. The Balaban J connectivity index is 1.19. The van der Waals surface area contributed by atoms with E-state index in [9.17, 15) is 4.79 Å². The van der Waals surface area contributed by atoms with E-state index in [4.69, 9.17) is 9.72 Å². The smallest absolute Gasteiger partial charge is 0.226 e. The zero-order valence-corrected chi connectivity index (χ0v) is 21.0. The van der Waals surface area contributed by atoms with E-state index in [2.05, 4.69) is 36.8 Å². The van der Waals surface area contributed by atoms with Gasteiger partial charge in [-0.2, -0.15) is 0 Å². The highest BCUT2D eigenvalue weighted by Gasteiger charge is 2.30. The van der Waals surface area contributed by atoms with Gasteiger partial charge < -0.3 is 19.5 Å². The highest BCUT2D eigenvalue weighted by molar-refractivity contribution is 5.89. The minimum Gasteiger partial charge on any atom is -0.455 e. The minimum atomic E-state index is 0.0617. The van der Waals surface area contributed by atoms with Gasteiger partial charge in [-0.3, -0.25) is 4.79 Å². The number of carbonyl (C=O) groups excluding carboxylic acids is 1. The standard InChI is InChI=1S/C27H25N9O2/c1-4-19(37)8-17-12-36(13-17)27-29-11-22-24(34-27)25(31-14-30-22)33-18-5-6-23(16(2)7-18)38-20-9-21-26(28-10-20)35(3)15-32-21/h4-7,9-11,14-15,17H,1,8,12-13H2,2-3H3,(H,30,31,33). The number of pyridine rings is 1. The van der Waals surface area contributed by atoms with Gasteiger partial charge in [-0.05, 0) is 36.8 Å². The van der Waals surface area contributed by atoms with Crippen LogP contribution in [0.15, 0.2) is 62.0 Å². The third-order valence-corrected chi connectivity index (χ3v) is 6.51. The van der Waals surface area contributed by atoms with Crippen molar-refractivity contribution in [3.63, 3.8) is 0 Å². The molecule has 11 nitrogen and oxygen atoms in total. The normalized spacial score (nSPS) is 13.5. The number of imidazole rings is 1. The van der Waals surface area contributed by atoms with Gasteiger partial charge in [0.15, 0.2) is 17.2 Å². The molecule has 0 saturated carbocycles. The third-order valence-electron chi connectivity index (χ3n) is 6.51. The lowest BCUT2D eigenvalue weighted by Crippen LogP contribution is -2.48. The molecule has 5 aromatic rings. The fraction of sp³-hybridized carbons (Fsp3) is 0.222. The number of nitrogens with one attached hydrogen (secondary N) is 1. The molecule has 11 heteroatoms. The number of carbonyl (C=O) groups is 1. The number of hydrogen-bond donors (Lipinski definition) is 1. The van der Waals surface area contributed by atoms with Crippen LogP contribution in [0.5, 0.6) is 11.5 Å². The molecule has 1 saturated heterocycles. The fourth-order valence-corrected chi connectivity index (χ4v) is 4.48. The fourth-order valence-electron chi connectivity index (χ4n) is 4.48. The Morgan fingerprint density at radius 1 is 1.13 bits per heavy atom. The van der Waals surface area contributed by atoms with Gasteiger partial charge in [-0.1, -0.05) is 6.58 Å². The number of allylic oxidation sites excluding steroid dienone is 1. The average molecular weight is 508 g/mol. The van der Waals surface area contributed by atoms with Gasteiger partial charge >= 0.3 is 0 Å². The summed E-state index contributed by atoms with van der Waals surface area (Å²) in [7, 11) is 1.90. The molecule has 6 rings (SSSR count). The van der Waals surface area contributed by atoms with Crippen LogP contribution in [-0.4, -0.2) is 53.3 Å². The summed E-state index contributed by atoms with van der Waals surface area (Å²) in [5.41, 5.74) is 4.60. The van der Waals surface area contributed by atoms with Crippen LogP contribution in [0.2, 0.25) is 0 Å². The third kappa shape index (κ3) is 4.49. The van der Waals surface area contributed by atoms with E-state index in [1.54, 1.807) is 18.7 Å². The number of fused-ring (bicyclic) bond motifs is 2. The zero-order valence-electron chi connectivity index (χ0n) is 21.0. The maximum absolute atomic E-state index is 11.6. The molecule has 1 aromatic carbocycles. The van der Waals surface area contributed by atoms with Crippen molar-refractivity contribution in [2.75, 3.05) is 23.3 Å². The topological polar surface area (TPSA) is 124 Å². The molecule has 0 bridgehead atoms. The van der Waals surface area contributed by atoms with Gasteiger partial charge in [-0.25, -0.2) is 29.9 Å². The Morgan fingerprint density at radius 3 is 2.82 bits per heavy atom. The Hall–Kier alpha value is -4.93. The van der Waals surface area contributed by atoms with Crippen LogP contribution in [0.1, 0.15) is 12.0 Å². The minimum absolute atomic E-state index is 0.0617. The van der Waals surface area contributed by atoms with E-state index in [0.717, 1.165) is 35.5 Å². The number of ether oxygens (including phenoxy) is 1. The monoisotopic (exact) mass is 507 g/mol. The summed E-state index contributed by atoms with van der Waals surface area (Å²) in [6, 6.07) is 7.67. The van der Waals surface area contributed by atoms with E-state index in [0.29, 0.717) is 40.7 Å². The highest BCUT2D eigenvalue weighted by Crippen LogP contribution is 2.31. The summed E-state index contributed by atoms with van der Waals surface area (Å²) in [5, 5.41) is 3.35. The van der Waals surface area contributed by atoms with Gasteiger partial charge in [0.1, 0.15) is 34.4 Å². The van der Waals surface area contributed by atoms with E-state index in [-0.39, 0.29) is 11.7 Å². The summed E-state index contributed by atoms with van der Waals surface area (Å²) in [6.07, 6.45) is 8.48. The number of nitrogens with zero attached hydrogens (tertiary/aromatic N) is 8. The molecule has 0 atom stereocenters. The first-order valence-corrected chi connectivity index (χ1v) is 12.2. The van der Waals surface area contributed by atoms with Crippen molar-refractivity contribution in [3.05, 3.63) is 67.5 Å². The quantitative estimate of drug-likeness (QED) is 0.307. The molecule has 0 aliphatic carbocycles. The molecule has 1 fully saturated rings. The molecule has 5 heterocycles. The van der Waals surface area contributed by atoms with Crippen molar-refractivity contribution < 1.29 is 9.53 Å². The van der Waals surface area contributed by atoms with Crippen molar-refractivity contribution in [1.82, 2.24) is 34.5 Å². The van der Waals surface area contributed by atoms with Crippen LogP contribution in [0.3, 0.4) is 0 Å². The van der Waals surface area contributed by atoms with Crippen LogP contribution >= 0.6 is 0 Å². The lowest BCUT2D eigenvalue weighted by atomic mass is 9.94. The van der Waals surface area contributed by atoms with Gasteiger partial charge in [0.25, 0.3) is 0 Å². The molecule has 1 aliphatic heterocycles. The maximum Gasteiger partial charge on any atom is 0.226 e. The van der Waals surface area contributed by atoms with E-state index < -0.39 is 0 Å². The first-order valence-electron chi connectivity index (χ1n) is 12.2. The van der Waals surface area contributed by atoms with Crippen molar-refractivity contribution in [2.45, 2.75) is 13.3 Å². The molecule has 0 radical (unpaired) electrons. The van der Waals surface area contributed by atoms with E-state index >= 15 is 0 Å². The number of anilines is 3. The SMILES string of the molecule is C=CC(=O)CC1CN(c2ncc3ncnc(Nc4ccc(Oc5cnc6c(c5)ncn6C)c(C)c4)c3n2)C1. The zero-order chi connectivity index (χ0) is 26.2. The number of hydrogen-bond acceptors (Lipinski definition) is 10. The summed E-state index contributed by atoms with van der Waals surface area (Å²) in [4.78, 5) is 40.4. The van der Waals surface area contributed by atoms with Crippen LogP contribution in [0, 0.1) is 12.8 Å². The summed E-state index contributed by atoms with van der Waals surface area (Å²) >= 11 is 0. The van der Waals surface area contributed by atoms with Crippen LogP contribution in [0.25, 0.3) is 22.2 Å². The van der Waals surface area contributed by atoms with E-state index in [1.165, 1.54) is 12.4 Å². The van der Waals surface area contributed by atoms with E-state index in [1.807, 2.05) is 47.7 Å². The van der Waals surface area contributed by atoms with Crippen LogP contribution < -0.4 is 15.0 Å². The number of aromatic nitrogens is 7. The second-order valence-electron chi connectivity index (χ2n) is 9.35. The maximum atomic E-state index is 11.6. The Labute approximate surface area is 218 Å².